The van der Waals surface area contributed by atoms with E-state index < -0.39 is 0 Å². The van der Waals surface area contributed by atoms with Gasteiger partial charge in [0.15, 0.2) is 0 Å². The van der Waals surface area contributed by atoms with E-state index in [2.05, 4.69) is 36.2 Å². The second-order valence-corrected chi connectivity index (χ2v) is 4.25. The third kappa shape index (κ3) is 3.38. The van der Waals surface area contributed by atoms with Gasteiger partial charge in [-0.2, -0.15) is 0 Å². The van der Waals surface area contributed by atoms with Gasteiger partial charge in [-0.25, -0.2) is 4.98 Å². The Hall–Kier alpha value is -1.83. The monoisotopic (exact) mass is 271 g/mol. The first kappa shape index (κ1) is 16.2. The molecule has 2 heteroatoms. The summed E-state index contributed by atoms with van der Waals surface area (Å²) in [5.74, 6) is 0.761. The molecule has 0 aliphatic carbocycles. The summed E-state index contributed by atoms with van der Waals surface area (Å²) in [6.07, 6.45) is 0. The minimum atomic E-state index is 0.625. The first-order chi connectivity index (χ1) is 9.74. The van der Waals surface area contributed by atoms with Crippen molar-refractivity contribution in [2.75, 3.05) is 0 Å². The van der Waals surface area contributed by atoms with Gasteiger partial charge in [0.1, 0.15) is 6.61 Å². The highest BCUT2D eigenvalue weighted by Crippen LogP contribution is 2.36. The SMILES string of the molecule is CC.CC.Cc1ccc2c(c1)COc1nc(C)ccc1-2. The van der Waals surface area contributed by atoms with Gasteiger partial charge >= 0.3 is 0 Å². The Morgan fingerprint density at radius 3 is 2.25 bits per heavy atom. The van der Waals surface area contributed by atoms with Gasteiger partial charge in [-0.15, -0.1) is 0 Å². The Kier molecular flexibility index (Phi) is 6.23. The fourth-order valence-corrected chi connectivity index (χ4v) is 2.10. The van der Waals surface area contributed by atoms with Crippen molar-refractivity contribution in [2.45, 2.75) is 48.1 Å². The van der Waals surface area contributed by atoms with Gasteiger partial charge in [0.2, 0.25) is 5.88 Å². The van der Waals surface area contributed by atoms with Gasteiger partial charge in [-0.1, -0.05) is 51.5 Å². The minimum absolute atomic E-state index is 0.625. The number of hydrogen-bond donors (Lipinski definition) is 0. The van der Waals surface area contributed by atoms with E-state index in [0.29, 0.717) is 6.61 Å². The maximum atomic E-state index is 5.67. The molecule has 0 N–H and O–H groups in total. The second kappa shape index (κ2) is 7.68. The van der Waals surface area contributed by atoms with Crippen molar-refractivity contribution < 1.29 is 4.74 Å². The zero-order valence-electron chi connectivity index (χ0n) is 13.4. The van der Waals surface area contributed by atoms with E-state index in [0.717, 1.165) is 17.1 Å². The molecule has 0 saturated heterocycles. The number of nitrogens with zero attached hydrogens (tertiary/aromatic N) is 1. The molecule has 0 spiro atoms. The highest BCUT2D eigenvalue weighted by atomic mass is 16.5. The smallest absolute Gasteiger partial charge is 0.221 e. The number of ether oxygens (including phenoxy) is 1. The summed E-state index contributed by atoms with van der Waals surface area (Å²) in [6, 6.07) is 10.6. The van der Waals surface area contributed by atoms with Crippen LogP contribution >= 0.6 is 0 Å². The third-order valence-electron chi connectivity index (χ3n) is 2.91. The molecule has 0 saturated carbocycles. The molecule has 0 atom stereocenters. The van der Waals surface area contributed by atoms with Crippen LogP contribution in [0.2, 0.25) is 0 Å². The fourth-order valence-electron chi connectivity index (χ4n) is 2.10. The largest absolute Gasteiger partial charge is 0.472 e. The Bertz CT molecular complexity index is 510. The molecule has 0 amide bonds. The molecule has 0 bridgehead atoms. The highest BCUT2D eigenvalue weighted by Gasteiger charge is 2.17. The molecule has 20 heavy (non-hydrogen) atoms. The van der Waals surface area contributed by atoms with Crippen molar-refractivity contribution in [3.63, 3.8) is 0 Å². The molecular weight excluding hydrogens is 246 g/mol. The average molecular weight is 271 g/mol. The van der Waals surface area contributed by atoms with Gasteiger partial charge in [-0.05, 0) is 37.1 Å². The molecule has 0 unspecified atom stereocenters. The Balaban J connectivity index is 0.000000461. The van der Waals surface area contributed by atoms with Crippen LogP contribution in [-0.4, -0.2) is 4.98 Å². The van der Waals surface area contributed by atoms with Crippen molar-refractivity contribution in [3.05, 3.63) is 47.2 Å². The van der Waals surface area contributed by atoms with Crippen LogP contribution < -0.4 is 4.74 Å². The van der Waals surface area contributed by atoms with E-state index in [4.69, 9.17) is 4.74 Å². The van der Waals surface area contributed by atoms with Crippen LogP contribution in [0.5, 0.6) is 5.88 Å². The molecule has 1 aromatic heterocycles. The van der Waals surface area contributed by atoms with Crippen LogP contribution in [0.4, 0.5) is 0 Å². The average Bonchev–Trinajstić information content (AvgIpc) is 2.50. The summed E-state index contributed by atoms with van der Waals surface area (Å²) in [5, 5.41) is 0. The van der Waals surface area contributed by atoms with Gasteiger partial charge in [0.25, 0.3) is 0 Å². The van der Waals surface area contributed by atoms with Crippen molar-refractivity contribution >= 4 is 0 Å². The van der Waals surface area contributed by atoms with Crippen molar-refractivity contribution in [1.29, 1.82) is 0 Å². The first-order valence-corrected chi connectivity index (χ1v) is 7.44. The molecule has 1 aromatic carbocycles. The number of fused-ring (bicyclic) bond motifs is 3. The van der Waals surface area contributed by atoms with Gasteiger partial charge in [-0.3, -0.25) is 0 Å². The van der Waals surface area contributed by atoms with E-state index in [9.17, 15) is 0 Å². The predicted molar refractivity (Wildman–Crippen MR) is 86.2 cm³/mol. The third-order valence-corrected chi connectivity index (χ3v) is 2.91. The van der Waals surface area contributed by atoms with Crippen LogP contribution in [0.3, 0.4) is 0 Å². The van der Waals surface area contributed by atoms with Crippen molar-refractivity contribution in [2.24, 2.45) is 0 Å². The number of benzene rings is 1. The molecule has 3 rings (SSSR count). The fraction of sp³-hybridized carbons (Fsp3) is 0.389. The normalized spacial score (nSPS) is 10.7. The molecule has 0 radical (unpaired) electrons. The van der Waals surface area contributed by atoms with Crippen LogP contribution in [0, 0.1) is 13.8 Å². The summed E-state index contributed by atoms with van der Waals surface area (Å²) in [6.45, 7) is 12.7. The standard InChI is InChI=1S/C14H13NO.2C2H6/c1-9-3-5-12-11(7-9)8-16-14-13(12)6-4-10(2)15-14;2*1-2/h3-7H,8H2,1-2H3;2*1-2H3. The number of aromatic nitrogens is 1. The zero-order valence-corrected chi connectivity index (χ0v) is 13.4. The quantitative estimate of drug-likeness (QED) is 0.647. The summed E-state index contributed by atoms with van der Waals surface area (Å²) in [7, 11) is 0. The van der Waals surface area contributed by atoms with Crippen LogP contribution in [0.1, 0.15) is 44.5 Å². The molecule has 2 nitrogen and oxygen atoms in total. The maximum Gasteiger partial charge on any atom is 0.221 e. The van der Waals surface area contributed by atoms with Gasteiger partial charge < -0.3 is 4.74 Å². The summed E-state index contributed by atoms with van der Waals surface area (Å²) in [5.41, 5.74) is 5.87. The Labute approximate surface area is 122 Å². The molecule has 2 aromatic rings. The number of aryl methyl sites for hydroxylation is 2. The lowest BCUT2D eigenvalue weighted by molar-refractivity contribution is 0.289. The van der Waals surface area contributed by atoms with E-state index in [1.807, 2.05) is 40.7 Å². The molecule has 1 aliphatic heterocycles. The summed E-state index contributed by atoms with van der Waals surface area (Å²) >= 11 is 0. The molecule has 108 valence electrons. The van der Waals surface area contributed by atoms with E-state index in [1.54, 1.807) is 0 Å². The number of rotatable bonds is 0. The topological polar surface area (TPSA) is 22.1 Å². The lowest BCUT2D eigenvalue weighted by Crippen LogP contribution is -2.07. The summed E-state index contributed by atoms with van der Waals surface area (Å²) in [4.78, 5) is 4.41. The van der Waals surface area contributed by atoms with E-state index in [-0.39, 0.29) is 0 Å². The lowest BCUT2D eigenvalue weighted by atomic mass is 9.97. The van der Waals surface area contributed by atoms with Crippen molar-refractivity contribution in [3.8, 4) is 17.0 Å². The van der Waals surface area contributed by atoms with Gasteiger partial charge in [0.05, 0.1) is 0 Å². The van der Waals surface area contributed by atoms with Crippen molar-refractivity contribution in [1.82, 2.24) is 4.98 Å². The molecule has 0 fully saturated rings. The number of pyridine rings is 1. The highest BCUT2D eigenvalue weighted by molar-refractivity contribution is 5.73. The molecular formula is C18H25NO. The molecule has 1 aliphatic rings. The van der Waals surface area contributed by atoms with Crippen LogP contribution in [0.15, 0.2) is 30.3 Å². The predicted octanol–water partition coefficient (Wildman–Crippen LogP) is 5.31. The van der Waals surface area contributed by atoms with Gasteiger partial charge in [0, 0.05) is 11.3 Å². The Morgan fingerprint density at radius 2 is 1.55 bits per heavy atom. The summed E-state index contributed by atoms with van der Waals surface area (Å²) < 4.78 is 5.67. The Morgan fingerprint density at radius 1 is 0.900 bits per heavy atom. The second-order valence-electron chi connectivity index (χ2n) is 4.25. The zero-order chi connectivity index (χ0) is 15.1. The molecule has 2 heterocycles. The minimum Gasteiger partial charge on any atom is -0.472 e. The van der Waals surface area contributed by atoms with E-state index >= 15 is 0 Å². The first-order valence-electron chi connectivity index (χ1n) is 7.44. The maximum absolute atomic E-state index is 5.67. The lowest BCUT2D eigenvalue weighted by Gasteiger charge is -2.20. The van der Waals surface area contributed by atoms with E-state index in [1.165, 1.54) is 16.7 Å². The van der Waals surface area contributed by atoms with Crippen LogP contribution in [-0.2, 0) is 6.61 Å². The number of hydrogen-bond acceptors (Lipinski definition) is 2. The van der Waals surface area contributed by atoms with Crippen LogP contribution in [0.25, 0.3) is 11.1 Å².